The van der Waals surface area contributed by atoms with E-state index >= 15 is 0 Å². The Morgan fingerprint density at radius 1 is 1.46 bits per heavy atom. The third-order valence-corrected chi connectivity index (χ3v) is 3.60. The lowest BCUT2D eigenvalue weighted by atomic mass is 10.1. The predicted octanol–water partition coefficient (Wildman–Crippen LogP) is 1.40. The average molecular weight is 197 g/mol. The molecule has 13 heavy (non-hydrogen) atoms. The Kier molecular flexibility index (Phi) is 2.60. The van der Waals surface area contributed by atoms with Crippen molar-refractivity contribution in [3.63, 3.8) is 0 Å². The molecule has 3 nitrogen and oxygen atoms in total. The highest BCUT2D eigenvalue weighted by Crippen LogP contribution is 2.23. The van der Waals surface area contributed by atoms with Gasteiger partial charge < -0.3 is 5.32 Å². The summed E-state index contributed by atoms with van der Waals surface area (Å²) in [6, 6.07) is 0.448. The minimum atomic E-state index is 0.448. The van der Waals surface area contributed by atoms with Gasteiger partial charge in [-0.25, -0.2) is 0 Å². The van der Waals surface area contributed by atoms with Gasteiger partial charge in [0.2, 0.25) is 0 Å². The zero-order valence-corrected chi connectivity index (χ0v) is 8.87. The Morgan fingerprint density at radius 3 is 2.85 bits per heavy atom. The molecule has 0 amide bonds. The summed E-state index contributed by atoms with van der Waals surface area (Å²) in [6.07, 6.45) is 0. The van der Waals surface area contributed by atoms with Crippen LogP contribution in [0.2, 0.25) is 0 Å². The summed E-state index contributed by atoms with van der Waals surface area (Å²) in [5.41, 5.74) is 3.69. The van der Waals surface area contributed by atoms with Crippen LogP contribution in [0.5, 0.6) is 0 Å². The topological polar surface area (TPSA) is 40.7 Å². The van der Waals surface area contributed by atoms with Gasteiger partial charge in [-0.1, -0.05) is 0 Å². The fraction of sp³-hybridized carbons (Fsp3) is 0.667. The van der Waals surface area contributed by atoms with Crippen LogP contribution in [0.4, 0.5) is 0 Å². The van der Waals surface area contributed by atoms with E-state index in [-0.39, 0.29) is 0 Å². The molecule has 1 atom stereocenters. The molecule has 2 N–H and O–H groups in total. The van der Waals surface area contributed by atoms with Gasteiger partial charge in [-0.3, -0.25) is 5.10 Å². The first-order chi connectivity index (χ1) is 6.29. The van der Waals surface area contributed by atoms with Gasteiger partial charge in [0, 0.05) is 23.7 Å². The average Bonchev–Trinajstić information content (AvgIpc) is 2.49. The van der Waals surface area contributed by atoms with Gasteiger partial charge in [0.05, 0.1) is 11.7 Å². The number of nitrogens with one attached hydrogen (secondary N) is 2. The summed E-state index contributed by atoms with van der Waals surface area (Å²) in [7, 11) is 0. The molecule has 0 radical (unpaired) electrons. The summed E-state index contributed by atoms with van der Waals surface area (Å²) in [5.74, 6) is 2.37. The molecule has 2 heterocycles. The van der Waals surface area contributed by atoms with Gasteiger partial charge in [-0.05, 0) is 19.4 Å². The van der Waals surface area contributed by atoms with Crippen LogP contribution in [-0.2, 0) is 0 Å². The van der Waals surface area contributed by atoms with Crippen LogP contribution in [0.15, 0.2) is 0 Å². The third kappa shape index (κ3) is 1.74. The number of hydrogen-bond donors (Lipinski definition) is 2. The second kappa shape index (κ2) is 3.72. The maximum atomic E-state index is 4.34. The summed E-state index contributed by atoms with van der Waals surface area (Å²) < 4.78 is 0. The van der Waals surface area contributed by atoms with Crippen molar-refractivity contribution in [2.45, 2.75) is 19.9 Å². The molecule has 0 saturated carbocycles. The van der Waals surface area contributed by atoms with E-state index in [9.17, 15) is 0 Å². The number of nitrogens with zero attached hydrogens (tertiary/aromatic N) is 1. The fourth-order valence-corrected chi connectivity index (χ4v) is 2.52. The molecule has 1 fully saturated rings. The van der Waals surface area contributed by atoms with Crippen molar-refractivity contribution in [1.82, 2.24) is 15.5 Å². The van der Waals surface area contributed by atoms with Crippen molar-refractivity contribution in [2.75, 3.05) is 18.1 Å². The van der Waals surface area contributed by atoms with Crippen LogP contribution in [0.1, 0.15) is 23.0 Å². The molecule has 1 aromatic rings. The number of aromatic amines is 1. The van der Waals surface area contributed by atoms with E-state index in [1.165, 1.54) is 22.7 Å². The highest BCUT2D eigenvalue weighted by atomic mass is 32.2. The van der Waals surface area contributed by atoms with E-state index in [0.717, 1.165) is 12.3 Å². The molecule has 1 aromatic heterocycles. The standard InChI is InChI=1S/C9H15N3S/c1-6-7(2)11-12-9(6)8-5-13-4-3-10-8/h8,10H,3-5H2,1-2H3,(H,11,12). The van der Waals surface area contributed by atoms with Crippen LogP contribution in [0.25, 0.3) is 0 Å². The minimum absolute atomic E-state index is 0.448. The van der Waals surface area contributed by atoms with E-state index in [4.69, 9.17) is 0 Å². The second-order valence-electron chi connectivity index (χ2n) is 3.44. The molecule has 0 aromatic carbocycles. The first kappa shape index (κ1) is 9.09. The monoisotopic (exact) mass is 197 g/mol. The van der Waals surface area contributed by atoms with Crippen LogP contribution >= 0.6 is 11.8 Å². The summed E-state index contributed by atoms with van der Waals surface area (Å²) in [5, 5.41) is 10.9. The van der Waals surface area contributed by atoms with Gasteiger partial charge in [0.15, 0.2) is 0 Å². The van der Waals surface area contributed by atoms with Crippen LogP contribution in [0, 0.1) is 13.8 Å². The van der Waals surface area contributed by atoms with Gasteiger partial charge in [0.1, 0.15) is 0 Å². The number of rotatable bonds is 1. The highest BCUT2D eigenvalue weighted by Gasteiger charge is 2.19. The zero-order valence-electron chi connectivity index (χ0n) is 8.05. The predicted molar refractivity (Wildman–Crippen MR) is 56.1 cm³/mol. The van der Waals surface area contributed by atoms with Gasteiger partial charge in [-0.2, -0.15) is 16.9 Å². The van der Waals surface area contributed by atoms with Gasteiger partial charge in [-0.15, -0.1) is 0 Å². The van der Waals surface area contributed by atoms with Crippen molar-refractivity contribution in [2.24, 2.45) is 0 Å². The van der Waals surface area contributed by atoms with Crippen LogP contribution in [-0.4, -0.2) is 28.2 Å². The highest BCUT2D eigenvalue weighted by molar-refractivity contribution is 7.99. The number of thioether (sulfide) groups is 1. The van der Waals surface area contributed by atoms with Crippen LogP contribution < -0.4 is 5.32 Å². The third-order valence-electron chi connectivity index (χ3n) is 2.54. The molecule has 4 heteroatoms. The Morgan fingerprint density at radius 2 is 2.31 bits per heavy atom. The number of aryl methyl sites for hydroxylation is 1. The Labute approximate surface area is 82.7 Å². The molecule has 2 rings (SSSR count). The Hall–Kier alpha value is -0.480. The van der Waals surface area contributed by atoms with Crippen molar-refractivity contribution in [1.29, 1.82) is 0 Å². The van der Waals surface area contributed by atoms with Crippen molar-refractivity contribution in [3.8, 4) is 0 Å². The molecule has 0 bridgehead atoms. The van der Waals surface area contributed by atoms with Gasteiger partial charge >= 0.3 is 0 Å². The minimum Gasteiger partial charge on any atom is -0.307 e. The largest absolute Gasteiger partial charge is 0.307 e. The first-order valence-electron chi connectivity index (χ1n) is 4.61. The van der Waals surface area contributed by atoms with E-state index in [2.05, 4.69) is 29.4 Å². The van der Waals surface area contributed by atoms with E-state index in [0.29, 0.717) is 6.04 Å². The summed E-state index contributed by atoms with van der Waals surface area (Å²) >= 11 is 2.00. The van der Waals surface area contributed by atoms with Crippen molar-refractivity contribution < 1.29 is 0 Å². The maximum Gasteiger partial charge on any atom is 0.0831 e. The molecule has 1 aliphatic heterocycles. The number of H-pyrrole nitrogens is 1. The fourth-order valence-electron chi connectivity index (χ4n) is 1.58. The van der Waals surface area contributed by atoms with Crippen molar-refractivity contribution in [3.05, 3.63) is 17.0 Å². The van der Waals surface area contributed by atoms with Crippen molar-refractivity contribution >= 4 is 11.8 Å². The molecule has 1 aliphatic rings. The Balaban J connectivity index is 2.18. The summed E-state index contributed by atoms with van der Waals surface area (Å²) in [4.78, 5) is 0. The first-order valence-corrected chi connectivity index (χ1v) is 5.77. The summed E-state index contributed by atoms with van der Waals surface area (Å²) in [6.45, 7) is 5.30. The number of aromatic nitrogens is 2. The van der Waals surface area contributed by atoms with Gasteiger partial charge in [0.25, 0.3) is 0 Å². The second-order valence-corrected chi connectivity index (χ2v) is 4.59. The molecular weight excluding hydrogens is 182 g/mol. The molecule has 72 valence electrons. The maximum absolute atomic E-state index is 4.34. The molecular formula is C9H15N3S. The lowest BCUT2D eigenvalue weighted by molar-refractivity contribution is 0.577. The molecule has 1 saturated heterocycles. The zero-order chi connectivity index (χ0) is 9.26. The molecule has 1 unspecified atom stereocenters. The van der Waals surface area contributed by atoms with Crippen LogP contribution in [0.3, 0.4) is 0 Å². The van der Waals surface area contributed by atoms with E-state index in [1.54, 1.807) is 0 Å². The lowest BCUT2D eigenvalue weighted by Crippen LogP contribution is -2.30. The molecule has 0 aliphatic carbocycles. The normalized spacial score (nSPS) is 23.4. The smallest absolute Gasteiger partial charge is 0.0831 e. The van der Waals surface area contributed by atoms with E-state index in [1.807, 2.05) is 11.8 Å². The molecule has 0 spiro atoms. The number of hydrogen-bond acceptors (Lipinski definition) is 3. The Bertz CT molecular complexity index is 289. The SMILES string of the molecule is Cc1[nH]nc(C2CSCCN2)c1C. The van der Waals surface area contributed by atoms with E-state index < -0.39 is 0 Å². The lowest BCUT2D eigenvalue weighted by Gasteiger charge is -2.21. The quantitative estimate of drug-likeness (QED) is 0.715.